The summed E-state index contributed by atoms with van der Waals surface area (Å²) in [5, 5.41) is 2.94. The summed E-state index contributed by atoms with van der Waals surface area (Å²) < 4.78 is 15.0. The lowest BCUT2D eigenvalue weighted by Gasteiger charge is -2.17. The molecule has 5 nitrogen and oxygen atoms in total. The zero-order chi connectivity index (χ0) is 21.5. The van der Waals surface area contributed by atoms with E-state index in [4.69, 9.17) is 0 Å². The van der Waals surface area contributed by atoms with E-state index in [1.807, 2.05) is 32.0 Å². The van der Waals surface area contributed by atoms with Crippen LogP contribution < -0.4 is 10.9 Å². The van der Waals surface area contributed by atoms with Gasteiger partial charge in [0.25, 0.3) is 5.56 Å². The monoisotopic (exact) mass is 407 g/mol. The smallest absolute Gasteiger partial charge is 0.254 e. The van der Waals surface area contributed by atoms with Crippen molar-refractivity contribution in [2.45, 2.75) is 45.7 Å². The SMILES string of the molecule is CCc1cc(=O)n(CC(=O)N[C@H](C)CCc2ccccc2)c(-c2cccc(F)c2)n1. The highest BCUT2D eigenvalue weighted by molar-refractivity contribution is 5.76. The van der Waals surface area contributed by atoms with Gasteiger partial charge in [0, 0.05) is 23.4 Å². The van der Waals surface area contributed by atoms with Crippen LogP contribution in [0.15, 0.2) is 65.5 Å². The van der Waals surface area contributed by atoms with E-state index in [0.29, 0.717) is 23.5 Å². The van der Waals surface area contributed by atoms with Gasteiger partial charge in [-0.3, -0.25) is 14.2 Å². The van der Waals surface area contributed by atoms with E-state index in [1.54, 1.807) is 12.1 Å². The summed E-state index contributed by atoms with van der Waals surface area (Å²) in [6.07, 6.45) is 2.21. The molecule has 0 fully saturated rings. The van der Waals surface area contributed by atoms with Gasteiger partial charge in [0.1, 0.15) is 18.2 Å². The summed E-state index contributed by atoms with van der Waals surface area (Å²) in [6, 6.07) is 17.3. The van der Waals surface area contributed by atoms with Crippen LogP contribution in [0.1, 0.15) is 31.5 Å². The van der Waals surface area contributed by atoms with Crippen LogP contribution >= 0.6 is 0 Å². The van der Waals surface area contributed by atoms with Gasteiger partial charge in [-0.15, -0.1) is 0 Å². The molecule has 0 aliphatic heterocycles. The van der Waals surface area contributed by atoms with E-state index < -0.39 is 5.82 Å². The molecule has 0 saturated heterocycles. The Bertz CT molecular complexity index is 1060. The molecule has 3 aromatic rings. The van der Waals surface area contributed by atoms with Crippen molar-refractivity contribution in [1.29, 1.82) is 0 Å². The van der Waals surface area contributed by atoms with E-state index in [1.165, 1.54) is 28.3 Å². The zero-order valence-electron chi connectivity index (χ0n) is 17.3. The molecule has 0 spiro atoms. The Labute approximate surface area is 175 Å². The Balaban J connectivity index is 1.75. The number of amides is 1. The molecule has 0 aliphatic rings. The number of halogens is 1. The Morgan fingerprint density at radius 3 is 2.60 bits per heavy atom. The molecule has 156 valence electrons. The molecule has 0 radical (unpaired) electrons. The molecule has 3 rings (SSSR count). The highest BCUT2D eigenvalue weighted by Crippen LogP contribution is 2.17. The van der Waals surface area contributed by atoms with Gasteiger partial charge in [0.2, 0.25) is 5.91 Å². The summed E-state index contributed by atoms with van der Waals surface area (Å²) in [4.78, 5) is 29.8. The summed E-state index contributed by atoms with van der Waals surface area (Å²) in [6.45, 7) is 3.66. The van der Waals surface area contributed by atoms with Crippen LogP contribution in [0.2, 0.25) is 0 Å². The van der Waals surface area contributed by atoms with E-state index in [-0.39, 0.29) is 24.1 Å². The Kier molecular flexibility index (Phi) is 7.12. The lowest BCUT2D eigenvalue weighted by molar-refractivity contribution is -0.122. The quantitative estimate of drug-likeness (QED) is 0.619. The predicted molar refractivity (Wildman–Crippen MR) is 116 cm³/mol. The van der Waals surface area contributed by atoms with Gasteiger partial charge < -0.3 is 5.32 Å². The average molecular weight is 407 g/mol. The van der Waals surface area contributed by atoms with E-state index in [9.17, 15) is 14.0 Å². The third kappa shape index (κ3) is 5.63. The Hall–Kier alpha value is -3.28. The minimum atomic E-state index is -0.422. The molecule has 30 heavy (non-hydrogen) atoms. The second-order valence-electron chi connectivity index (χ2n) is 7.35. The van der Waals surface area contributed by atoms with Crippen molar-refractivity contribution in [1.82, 2.24) is 14.9 Å². The Morgan fingerprint density at radius 2 is 1.90 bits per heavy atom. The first-order valence-corrected chi connectivity index (χ1v) is 10.2. The molecule has 0 saturated carbocycles. The Morgan fingerprint density at radius 1 is 1.13 bits per heavy atom. The first kappa shape index (κ1) is 21.4. The van der Waals surface area contributed by atoms with Crippen LogP contribution in [0.25, 0.3) is 11.4 Å². The van der Waals surface area contributed by atoms with E-state index in [0.717, 1.165) is 12.8 Å². The van der Waals surface area contributed by atoms with Gasteiger partial charge in [-0.25, -0.2) is 9.37 Å². The van der Waals surface area contributed by atoms with Crippen LogP contribution in [0.3, 0.4) is 0 Å². The summed E-state index contributed by atoms with van der Waals surface area (Å²) in [5.41, 5.74) is 1.95. The van der Waals surface area contributed by atoms with Gasteiger partial charge in [-0.2, -0.15) is 0 Å². The number of aromatic nitrogens is 2. The third-order valence-corrected chi connectivity index (χ3v) is 4.92. The molecule has 1 amide bonds. The fourth-order valence-electron chi connectivity index (χ4n) is 3.30. The maximum atomic E-state index is 13.7. The molecule has 1 N–H and O–H groups in total. The van der Waals surface area contributed by atoms with Gasteiger partial charge in [0.05, 0.1) is 0 Å². The number of rotatable bonds is 8. The first-order chi connectivity index (χ1) is 14.5. The van der Waals surface area contributed by atoms with Crippen molar-refractivity contribution < 1.29 is 9.18 Å². The molecule has 1 atom stereocenters. The number of carbonyl (C=O) groups excluding carboxylic acids is 1. The van der Waals surface area contributed by atoms with Crippen molar-refractivity contribution in [3.05, 3.63) is 88.1 Å². The number of aryl methyl sites for hydroxylation is 2. The van der Waals surface area contributed by atoms with Crippen LogP contribution in [0, 0.1) is 5.82 Å². The van der Waals surface area contributed by atoms with Crippen LogP contribution in [-0.4, -0.2) is 21.5 Å². The molecule has 0 unspecified atom stereocenters. The van der Waals surface area contributed by atoms with E-state index in [2.05, 4.69) is 22.4 Å². The molecule has 2 aromatic carbocycles. The molecule has 6 heteroatoms. The molecule has 0 bridgehead atoms. The molecular formula is C24H26FN3O2. The normalized spacial score (nSPS) is 11.8. The van der Waals surface area contributed by atoms with Gasteiger partial charge in [-0.05, 0) is 43.9 Å². The van der Waals surface area contributed by atoms with Crippen molar-refractivity contribution >= 4 is 5.91 Å². The minimum Gasteiger partial charge on any atom is -0.352 e. The third-order valence-electron chi connectivity index (χ3n) is 4.92. The summed E-state index contributed by atoms with van der Waals surface area (Å²) >= 11 is 0. The maximum absolute atomic E-state index is 13.7. The van der Waals surface area contributed by atoms with Crippen LogP contribution in [0.4, 0.5) is 4.39 Å². The predicted octanol–water partition coefficient (Wildman–Crippen LogP) is 3.75. The fourth-order valence-corrected chi connectivity index (χ4v) is 3.30. The summed E-state index contributed by atoms with van der Waals surface area (Å²) in [7, 11) is 0. The van der Waals surface area contributed by atoms with Crippen molar-refractivity contribution in [2.24, 2.45) is 0 Å². The van der Waals surface area contributed by atoms with Crippen molar-refractivity contribution in [3.8, 4) is 11.4 Å². The van der Waals surface area contributed by atoms with Gasteiger partial charge in [-0.1, -0.05) is 49.4 Å². The lowest BCUT2D eigenvalue weighted by Crippen LogP contribution is -2.38. The molecule has 1 aromatic heterocycles. The number of nitrogens with one attached hydrogen (secondary N) is 1. The largest absolute Gasteiger partial charge is 0.352 e. The number of hydrogen-bond donors (Lipinski definition) is 1. The number of benzene rings is 2. The zero-order valence-corrected chi connectivity index (χ0v) is 17.3. The van der Waals surface area contributed by atoms with E-state index >= 15 is 0 Å². The number of carbonyl (C=O) groups is 1. The van der Waals surface area contributed by atoms with Crippen molar-refractivity contribution in [3.63, 3.8) is 0 Å². The van der Waals surface area contributed by atoms with Crippen LogP contribution in [0.5, 0.6) is 0 Å². The summed E-state index contributed by atoms with van der Waals surface area (Å²) in [5.74, 6) is -0.401. The highest BCUT2D eigenvalue weighted by atomic mass is 19.1. The number of hydrogen-bond acceptors (Lipinski definition) is 3. The van der Waals surface area contributed by atoms with Crippen molar-refractivity contribution in [2.75, 3.05) is 0 Å². The average Bonchev–Trinajstić information content (AvgIpc) is 2.74. The maximum Gasteiger partial charge on any atom is 0.254 e. The topological polar surface area (TPSA) is 64.0 Å². The highest BCUT2D eigenvalue weighted by Gasteiger charge is 2.15. The fraction of sp³-hybridized carbons (Fsp3) is 0.292. The second-order valence-corrected chi connectivity index (χ2v) is 7.35. The van der Waals surface area contributed by atoms with Gasteiger partial charge in [0.15, 0.2) is 0 Å². The van der Waals surface area contributed by atoms with Gasteiger partial charge >= 0.3 is 0 Å². The standard InChI is InChI=1S/C24H26FN3O2/c1-3-21-15-23(30)28(24(27-21)19-10-7-11-20(25)14-19)16-22(29)26-17(2)12-13-18-8-5-4-6-9-18/h4-11,14-15,17H,3,12-13,16H2,1-2H3,(H,26,29)/t17-/m1/s1. The lowest BCUT2D eigenvalue weighted by atomic mass is 10.1. The molecule has 1 heterocycles. The number of nitrogens with zero attached hydrogens (tertiary/aromatic N) is 2. The second kappa shape index (κ2) is 9.96. The minimum absolute atomic E-state index is 0.0473. The molecule has 0 aliphatic carbocycles. The van der Waals surface area contributed by atoms with Crippen LogP contribution in [-0.2, 0) is 24.2 Å². The first-order valence-electron chi connectivity index (χ1n) is 10.2. The molecular weight excluding hydrogens is 381 g/mol.